The minimum Gasteiger partial charge on any atom is -0.309 e. The van der Waals surface area contributed by atoms with Crippen LogP contribution in [0, 0.1) is 0 Å². The Bertz CT molecular complexity index is 2180. The second kappa shape index (κ2) is 9.58. The second-order valence-electron chi connectivity index (χ2n) is 10.2. The number of para-hydroxylation sites is 3. The molecule has 8 aromatic rings. The molecular weight excluding hydrogens is 498 g/mol. The molecule has 6 aromatic carbocycles. The van der Waals surface area contributed by atoms with Crippen molar-refractivity contribution in [1.29, 1.82) is 0 Å². The van der Waals surface area contributed by atoms with Gasteiger partial charge in [0, 0.05) is 38.5 Å². The van der Waals surface area contributed by atoms with Crippen molar-refractivity contribution in [3.63, 3.8) is 0 Å². The van der Waals surface area contributed by atoms with Gasteiger partial charge in [-0.05, 0) is 29.8 Å². The molecular formula is C38H25N3. The van der Waals surface area contributed by atoms with Crippen molar-refractivity contribution < 1.29 is 0 Å². The van der Waals surface area contributed by atoms with Gasteiger partial charge in [-0.3, -0.25) is 0 Å². The van der Waals surface area contributed by atoms with E-state index < -0.39 is 0 Å². The summed E-state index contributed by atoms with van der Waals surface area (Å²) in [4.78, 5) is 10.3. The van der Waals surface area contributed by atoms with E-state index in [1.807, 2.05) is 24.3 Å². The largest absolute Gasteiger partial charge is 0.309 e. The summed E-state index contributed by atoms with van der Waals surface area (Å²) >= 11 is 0. The Morgan fingerprint density at radius 3 is 1.83 bits per heavy atom. The number of rotatable bonds is 4. The Hall–Kier alpha value is -5.54. The summed E-state index contributed by atoms with van der Waals surface area (Å²) in [7, 11) is 0. The molecule has 0 saturated carbocycles. The number of benzene rings is 6. The lowest BCUT2D eigenvalue weighted by Gasteiger charge is -2.16. The summed E-state index contributed by atoms with van der Waals surface area (Å²) in [6.07, 6.45) is 0. The smallest absolute Gasteiger partial charge is 0.160 e. The molecule has 0 saturated heterocycles. The molecule has 0 N–H and O–H groups in total. The lowest BCUT2D eigenvalue weighted by Crippen LogP contribution is -1.98. The van der Waals surface area contributed by atoms with Crippen molar-refractivity contribution >= 4 is 32.7 Å². The Balaban J connectivity index is 1.51. The Labute approximate surface area is 238 Å². The highest BCUT2D eigenvalue weighted by Crippen LogP contribution is 2.42. The van der Waals surface area contributed by atoms with Gasteiger partial charge in [0.05, 0.1) is 22.2 Å². The molecule has 0 unspecified atom stereocenters. The van der Waals surface area contributed by atoms with Gasteiger partial charge in [-0.25, -0.2) is 9.97 Å². The summed E-state index contributed by atoms with van der Waals surface area (Å²) in [6.45, 7) is 0. The third-order valence-electron chi connectivity index (χ3n) is 7.80. The predicted molar refractivity (Wildman–Crippen MR) is 170 cm³/mol. The predicted octanol–water partition coefficient (Wildman–Crippen LogP) is 9.73. The van der Waals surface area contributed by atoms with Crippen LogP contribution in [0.15, 0.2) is 152 Å². The Morgan fingerprint density at radius 1 is 0.439 bits per heavy atom. The summed E-state index contributed by atoms with van der Waals surface area (Å²) in [5, 5.41) is 3.51. The average molecular weight is 524 g/mol. The molecule has 0 spiro atoms. The minimum absolute atomic E-state index is 0.728. The maximum absolute atomic E-state index is 5.21. The highest BCUT2D eigenvalue weighted by molar-refractivity contribution is 6.16. The normalized spacial score (nSPS) is 11.4. The van der Waals surface area contributed by atoms with Crippen LogP contribution in [0.3, 0.4) is 0 Å². The van der Waals surface area contributed by atoms with Gasteiger partial charge in [0.1, 0.15) is 0 Å². The van der Waals surface area contributed by atoms with Crippen LogP contribution in [-0.4, -0.2) is 14.5 Å². The van der Waals surface area contributed by atoms with E-state index in [1.54, 1.807) is 0 Å². The second-order valence-corrected chi connectivity index (χ2v) is 10.2. The molecule has 41 heavy (non-hydrogen) atoms. The van der Waals surface area contributed by atoms with E-state index in [-0.39, 0.29) is 0 Å². The van der Waals surface area contributed by atoms with Crippen molar-refractivity contribution in [1.82, 2.24) is 14.5 Å². The SMILES string of the molecule is c1ccc(-c2nc(-c3ccccc3)c3c(-c4cccc5c6ccccc6n(-c6ccccc6)c45)cccc3n2)cc1. The fraction of sp³-hybridized carbons (Fsp3) is 0. The molecule has 0 aliphatic carbocycles. The van der Waals surface area contributed by atoms with E-state index in [4.69, 9.17) is 9.97 Å². The summed E-state index contributed by atoms with van der Waals surface area (Å²) in [5.74, 6) is 0.728. The molecule has 0 atom stereocenters. The summed E-state index contributed by atoms with van der Waals surface area (Å²) < 4.78 is 2.39. The van der Waals surface area contributed by atoms with E-state index >= 15 is 0 Å². The summed E-state index contributed by atoms with van der Waals surface area (Å²) in [5.41, 5.74) is 9.71. The zero-order valence-corrected chi connectivity index (χ0v) is 22.3. The van der Waals surface area contributed by atoms with E-state index in [0.717, 1.165) is 50.4 Å². The molecule has 0 bridgehead atoms. The zero-order chi connectivity index (χ0) is 27.2. The molecule has 0 amide bonds. The first-order valence-electron chi connectivity index (χ1n) is 13.9. The first kappa shape index (κ1) is 23.4. The summed E-state index contributed by atoms with van der Waals surface area (Å²) in [6, 6.07) is 53.0. The van der Waals surface area contributed by atoms with Crippen LogP contribution in [0.25, 0.3) is 72.2 Å². The number of fused-ring (bicyclic) bond motifs is 4. The first-order valence-corrected chi connectivity index (χ1v) is 13.9. The zero-order valence-electron chi connectivity index (χ0n) is 22.3. The first-order chi connectivity index (χ1) is 20.4. The van der Waals surface area contributed by atoms with E-state index in [1.165, 1.54) is 21.8 Å². The fourth-order valence-electron chi connectivity index (χ4n) is 6.01. The van der Waals surface area contributed by atoms with Gasteiger partial charge in [0.2, 0.25) is 0 Å². The molecule has 0 radical (unpaired) electrons. The fourth-order valence-corrected chi connectivity index (χ4v) is 6.01. The van der Waals surface area contributed by atoms with Crippen LogP contribution < -0.4 is 0 Å². The van der Waals surface area contributed by atoms with Crippen molar-refractivity contribution in [3.8, 4) is 39.5 Å². The lowest BCUT2D eigenvalue weighted by molar-refractivity contribution is 1.18. The van der Waals surface area contributed by atoms with Gasteiger partial charge >= 0.3 is 0 Å². The molecule has 3 nitrogen and oxygen atoms in total. The van der Waals surface area contributed by atoms with Gasteiger partial charge < -0.3 is 4.57 Å². The minimum atomic E-state index is 0.728. The third kappa shape index (κ3) is 3.82. The van der Waals surface area contributed by atoms with Crippen LogP contribution in [0.4, 0.5) is 0 Å². The molecule has 0 aliphatic rings. The van der Waals surface area contributed by atoms with Gasteiger partial charge in [-0.1, -0.05) is 127 Å². The van der Waals surface area contributed by atoms with Gasteiger partial charge in [-0.2, -0.15) is 0 Å². The van der Waals surface area contributed by atoms with Gasteiger partial charge in [0.25, 0.3) is 0 Å². The number of aromatic nitrogens is 3. The number of hydrogen-bond acceptors (Lipinski definition) is 2. The quantitative estimate of drug-likeness (QED) is 0.230. The van der Waals surface area contributed by atoms with Crippen LogP contribution in [0.5, 0.6) is 0 Å². The Kier molecular flexibility index (Phi) is 5.46. The van der Waals surface area contributed by atoms with Crippen molar-refractivity contribution in [3.05, 3.63) is 152 Å². The van der Waals surface area contributed by atoms with Crippen molar-refractivity contribution in [2.75, 3.05) is 0 Å². The third-order valence-corrected chi connectivity index (χ3v) is 7.80. The van der Waals surface area contributed by atoms with Gasteiger partial charge in [0.15, 0.2) is 5.82 Å². The van der Waals surface area contributed by atoms with Crippen LogP contribution in [-0.2, 0) is 0 Å². The van der Waals surface area contributed by atoms with E-state index in [9.17, 15) is 0 Å². The van der Waals surface area contributed by atoms with Crippen LogP contribution >= 0.6 is 0 Å². The topological polar surface area (TPSA) is 30.7 Å². The lowest BCUT2D eigenvalue weighted by atomic mass is 9.95. The molecule has 192 valence electrons. The monoisotopic (exact) mass is 523 g/mol. The average Bonchev–Trinajstić information content (AvgIpc) is 3.40. The highest BCUT2D eigenvalue weighted by atomic mass is 15.0. The molecule has 0 fully saturated rings. The molecule has 3 heteroatoms. The molecule has 2 aromatic heterocycles. The van der Waals surface area contributed by atoms with Gasteiger partial charge in [-0.15, -0.1) is 0 Å². The molecule has 8 rings (SSSR count). The van der Waals surface area contributed by atoms with E-state index in [2.05, 4.69) is 132 Å². The van der Waals surface area contributed by atoms with Crippen LogP contribution in [0.2, 0.25) is 0 Å². The highest BCUT2D eigenvalue weighted by Gasteiger charge is 2.20. The number of nitrogens with zero attached hydrogens (tertiary/aromatic N) is 3. The van der Waals surface area contributed by atoms with E-state index in [0.29, 0.717) is 0 Å². The van der Waals surface area contributed by atoms with Crippen molar-refractivity contribution in [2.45, 2.75) is 0 Å². The number of hydrogen-bond donors (Lipinski definition) is 0. The molecule has 0 aliphatic heterocycles. The maximum atomic E-state index is 5.21. The maximum Gasteiger partial charge on any atom is 0.160 e. The standard InChI is InChI=1S/C38H25N3/c1-4-14-26(15-5-1)36-35-30(21-13-24-33(35)39-38(40-36)27-16-6-2-7-17-27)32-23-12-22-31-29-20-10-11-25-34(29)41(37(31)32)28-18-8-3-9-19-28/h1-25H. The van der Waals surface area contributed by atoms with Crippen LogP contribution in [0.1, 0.15) is 0 Å². The van der Waals surface area contributed by atoms with Crippen molar-refractivity contribution in [2.24, 2.45) is 0 Å². The molecule has 2 heterocycles. The Morgan fingerprint density at radius 2 is 1.05 bits per heavy atom.